The Morgan fingerprint density at radius 1 is 1.20 bits per heavy atom. The van der Waals surface area contributed by atoms with Crippen LogP contribution in [-0.2, 0) is 16.2 Å². The predicted octanol–water partition coefficient (Wildman–Crippen LogP) is 1.57. The zero-order chi connectivity index (χ0) is 13.7. The molecule has 0 aliphatic carbocycles. The number of hydrogen-bond donors (Lipinski definition) is 1. The van der Waals surface area contributed by atoms with Crippen LogP contribution in [-0.4, -0.2) is 35.0 Å². The van der Waals surface area contributed by atoms with Gasteiger partial charge >= 0.3 is 0 Å². The molecule has 20 heavy (non-hydrogen) atoms. The van der Waals surface area contributed by atoms with E-state index in [-0.39, 0.29) is 29.3 Å². The van der Waals surface area contributed by atoms with Gasteiger partial charge in [-0.2, -0.15) is 0 Å². The average molecular weight is 319 g/mol. The molecule has 0 bridgehead atoms. The lowest BCUT2D eigenvalue weighted by Crippen LogP contribution is -2.27. The summed E-state index contributed by atoms with van der Waals surface area (Å²) in [6.45, 7) is 0.988. The summed E-state index contributed by atoms with van der Waals surface area (Å²) in [4.78, 5) is 28.6. The molecule has 0 saturated carbocycles. The van der Waals surface area contributed by atoms with E-state index in [0.29, 0.717) is 25.5 Å². The molecule has 0 atom stereocenters. The number of nitrogens with two attached hydrogens (primary N) is 1. The number of benzene rings is 1. The fourth-order valence-corrected chi connectivity index (χ4v) is 2.34. The van der Waals surface area contributed by atoms with E-state index in [2.05, 4.69) is 4.84 Å². The predicted molar refractivity (Wildman–Crippen MR) is 77.7 cm³/mol. The largest absolute Gasteiger partial charge is 0.491 e. The third kappa shape index (κ3) is 4.38. The standard InChI is InChI=1S/C12H14N2O4S.ClH/c13-18-6-5-17-10-3-1-9(2-4-10)7-14-11(15)8-19-12(14)16;/h1-4H,5-8,13H2;1H. The molecule has 2 N–H and O–H groups in total. The quantitative estimate of drug-likeness (QED) is 0.633. The van der Waals surface area contributed by atoms with Gasteiger partial charge in [-0.05, 0) is 17.7 Å². The lowest BCUT2D eigenvalue weighted by Gasteiger charge is -2.13. The molecule has 1 fully saturated rings. The molecule has 8 heteroatoms. The second-order valence-electron chi connectivity index (χ2n) is 3.90. The molecule has 1 aromatic rings. The topological polar surface area (TPSA) is 81.9 Å². The summed E-state index contributed by atoms with van der Waals surface area (Å²) >= 11 is 1.04. The highest BCUT2D eigenvalue weighted by molar-refractivity contribution is 8.14. The number of thioether (sulfide) groups is 1. The van der Waals surface area contributed by atoms with Gasteiger partial charge in [-0.15, -0.1) is 12.4 Å². The third-order valence-electron chi connectivity index (χ3n) is 2.57. The van der Waals surface area contributed by atoms with Gasteiger partial charge in [0.15, 0.2) is 0 Å². The molecule has 1 aliphatic heterocycles. The second kappa shape index (κ2) is 8.11. The van der Waals surface area contributed by atoms with Crippen LogP contribution < -0.4 is 10.6 Å². The number of hydrogen-bond acceptors (Lipinski definition) is 6. The van der Waals surface area contributed by atoms with Crippen LogP contribution in [0.5, 0.6) is 5.75 Å². The van der Waals surface area contributed by atoms with Crippen LogP contribution in [0.4, 0.5) is 4.79 Å². The third-order valence-corrected chi connectivity index (χ3v) is 3.43. The maximum atomic E-state index is 11.5. The number of halogens is 1. The molecule has 1 heterocycles. The van der Waals surface area contributed by atoms with Crippen LogP contribution in [0.15, 0.2) is 24.3 Å². The van der Waals surface area contributed by atoms with Crippen LogP contribution in [0.2, 0.25) is 0 Å². The Kier molecular flexibility index (Phi) is 6.80. The summed E-state index contributed by atoms with van der Waals surface area (Å²) < 4.78 is 5.36. The summed E-state index contributed by atoms with van der Waals surface area (Å²) in [5, 5.41) is -0.189. The maximum absolute atomic E-state index is 11.5. The number of ether oxygens (including phenoxy) is 1. The van der Waals surface area contributed by atoms with E-state index in [1.54, 1.807) is 12.1 Å². The van der Waals surface area contributed by atoms with Gasteiger partial charge in [0.25, 0.3) is 5.24 Å². The molecule has 1 aromatic carbocycles. The second-order valence-corrected chi connectivity index (χ2v) is 4.82. The van der Waals surface area contributed by atoms with Crippen molar-refractivity contribution >= 4 is 35.3 Å². The van der Waals surface area contributed by atoms with E-state index in [9.17, 15) is 9.59 Å². The Hall–Kier alpha value is -1.28. The highest BCUT2D eigenvalue weighted by Gasteiger charge is 2.29. The number of carbonyl (C=O) groups is 2. The molecule has 2 rings (SSSR count). The van der Waals surface area contributed by atoms with Crippen molar-refractivity contribution in [2.75, 3.05) is 19.0 Å². The number of imide groups is 1. The van der Waals surface area contributed by atoms with Gasteiger partial charge in [0, 0.05) is 0 Å². The molecule has 2 amide bonds. The summed E-state index contributed by atoms with van der Waals surface area (Å²) in [5.41, 5.74) is 0.881. The minimum absolute atomic E-state index is 0. The van der Waals surface area contributed by atoms with Gasteiger partial charge in [0.1, 0.15) is 19.0 Å². The summed E-state index contributed by atoms with van der Waals surface area (Å²) in [6.07, 6.45) is 0. The SMILES string of the molecule is Cl.NOCCOc1ccc(CN2C(=O)CSC2=O)cc1. The zero-order valence-electron chi connectivity index (χ0n) is 10.6. The van der Waals surface area contributed by atoms with Crippen LogP contribution >= 0.6 is 24.2 Å². The van der Waals surface area contributed by atoms with Gasteiger partial charge in [0.05, 0.1) is 12.3 Å². The fraction of sp³-hybridized carbons (Fsp3) is 0.333. The number of carbonyl (C=O) groups excluding carboxylic acids is 2. The van der Waals surface area contributed by atoms with E-state index in [4.69, 9.17) is 10.6 Å². The Balaban J connectivity index is 0.00000200. The molecule has 6 nitrogen and oxygen atoms in total. The summed E-state index contributed by atoms with van der Waals surface area (Å²) in [7, 11) is 0. The molecular weight excluding hydrogens is 304 g/mol. The Bertz CT molecular complexity index is 453. The van der Waals surface area contributed by atoms with Gasteiger partial charge in [-0.25, -0.2) is 5.90 Å². The van der Waals surface area contributed by atoms with E-state index in [1.807, 2.05) is 12.1 Å². The van der Waals surface area contributed by atoms with Crippen molar-refractivity contribution < 1.29 is 19.2 Å². The normalized spacial score (nSPS) is 14.3. The highest BCUT2D eigenvalue weighted by Crippen LogP contribution is 2.22. The van der Waals surface area contributed by atoms with Crippen molar-refractivity contribution in [3.8, 4) is 5.75 Å². The van der Waals surface area contributed by atoms with Crippen molar-refractivity contribution in [1.82, 2.24) is 4.90 Å². The Morgan fingerprint density at radius 3 is 2.45 bits per heavy atom. The van der Waals surface area contributed by atoms with Gasteiger partial charge in [0.2, 0.25) is 5.91 Å². The van der Waals surface area contributed by atoms with Crippen LogP contribution in [0.1, 0.15) is 5.56 Å². The van der Waals surface area contributed by atoms with Crippen molar-refractivity contribution in [3.63, 3.8) is 0 Å². The molecule has 0 unspecified atom stereocenters. The minimum Gasteiger partial charge on any atom is -0.491 e. The number of amides is 2. The molecule has 110 valence electrons. The van der Waals surface area contributed by atoms with Gasteiger partial charge < -0.3 is 9.57 Å². The molecule has 0 aromatic heterocycles. The van der Waals surface area contributed by atoms with E-state index < -0.39 is 0 Å². The molecule has 1 saturated heterocycles. The first-order chi connectivity index (χ1) is 9.20. The lowest BCUT2D eigenvalue weighted by atomic mass is 10.2. The highest BCUT2D eigenvalue weighted by atomic mass is 35.5. The first kappa shape index (κ1) is 16.8. The molecule has 1 aliphatic rings. The monoisotopic (exact) mass is 318 g/mol. The molecular formula is C12H15ClN2O4S. The van der Waals surface area contributed by atoms with Crippen molar-refractivity contribution in [3.05, 3.63) is 29.8 Å². The Labute approximate surface area is 126 Å². The number of nitrogens with zero attached hydrogens (tertiary/aromatic N) is 1. The first-order valence-corrected chi connectivity index (χ1v) is 6.70. The van der Waals surface area contributed by atoms with Crippen LogP contribution in [0, 0.1) is 0 Å². The van der Waals surface area contributed by atoms with Crippen molar-refractivity contribution in [1.29, 1.82) is 0 Å². The van der Waals surface area contributed by atoms with E-state index in [0.717, 1.165) is 17.3 Å². The summed E-state index contributed by atoms with van der Waals surface area (Å²) in [6, 6.07) is 7.21. The van der Waals surface area contributed by atoms with Crippen LogP contribution in [0.3, 0.4) is 0 Å². The molecule has 0 spiro atoms. The van der Waals surface area contributed by atoms with Gasteiger partial charge in [-0.3, -0.25) is 14.5 Å². The maximum Gasteiger partial charge on any atom is 0.289 e. The first-order valence-electron chi connectivity index (χ1n) is 5.71. The number of rotatable bonds is 6. The summed E-state index contributed by atoms with van der Waals surface area (Å²) in [5.74, 6) is 5.66. The van der Waals surface area contributed by atoms with Gasteiger partial charge in [-0.1, -0.05) is 23.9 Å². The van der Waals surface area contributed by atoms with Crippen molar-refractivity contribution in [2.45, 2.75) is 6.54 Å². The fourth-order valence-electron chi connectivity index (χ4n) is 1.62. The van der Waals surface area contributed by atoms with E-state index >= 15 is 0 Å². The minimum atomic E-state index is -0.189. The Morgan fingerprint density at radius 2 is 1.90 bits per heavy atom. The molecule has 0 radical (unpaired) electrons. The van der Waals surface area contributed by atoms with E-state index in [1.165, 1.54) is 4.90 Å². The van der Waals surface area contributed by atoms with Crippen LogP contribution in [0.25, 0.3) is 0 Å². The lowest BCUT2D eigenvalue weighted by molar-refractivity contribution is -0.125. The van der Waals surface area contributed by atoms with Crippen molar-refractivity contribution in [2.24, 2.45) is 5.90 Å². The smallest absolute Gasteiger partial charge is 0.289 e. The average Bonchev–Trinajstić information content (AvgIpc) is 2.73. The zero-order valence-corrected chi connectivity index (χ0v) is 12.2.